The molecule has 0 spiro atoms. The Morgan fingerprint density at radius 3 is 2.64 bits per heavy atom. The van der Waals surface area contributed by atoms with E-state index in [0.717, 1.165) is 19.3 Å². The van der Waals surface area contributed by atoms with Gasteiger partial charge in [0.2, 0.25) is 10.0 Å². The molecule has 84 valence electrons. The van der Waals surface area contributed by atoms with Gasteiger partial charge in [0.25, 0.3) is 0 Å². The minimum atomic E-state index is -3.01. The minimum Gasteiger partial charge on any atom is -0.212 e. The monoisotopic (exact) mass is 239 g/mol. The third-order valence-corrected chi connectivity index (χ3v) is 4.96. The van der Waals surface area contributed by atoms with Gasteiger partial charge in [0.1, 0.15) is 0 Å². The number of unbranched alkanes of at least 4 members (excludes halogenated alkanes) is 1. The van der Waals surface area contributed by atoms with Crippen LogP contribution in [-0.4, -0.2) is 36.9 Å². The van der Waals surface area contributed by atoms with E-state index in [9.17, 15) is 8.42 Å². The average molecular weight is 240 g/mol. The molecular weight excluding hydrogens is 222 g/mol. The zero-order valence-electron chi connectivity index (χ0n) is 8.58. The summed E-state index contributed by atoms with van der Waals surface area (Å²) < 4.78 is 25.2. The molecule has 1 atom stereocenters. The van der Waals surface area contributed by atoms with Gasteiger partial charge in [-0.2, -0.15) is 4.31 Å². The SMILES string of the molecule is CC1CCCN1S(=O)(=O)CCCCCl. The molecule has 0 aromatic heterocycles. The summed E-state index contributed by atoms with van der Waals surface area (Å²) in [5, 5.41) is 0. The van der Waals surface area contributed by atoms with Crippen molar-refractivity contribution < 1.29 is 8.42 Å². The van der Waals surface area contributed by atoms with Crippen molar-refractivity contribution in [2.24, 2.45) is 0 Å². The Bertz CT molecular complexity index is 266. The average Bonchev–Trinajstić information content (AvgIpc) is 2.52. The zero-order valence-corrected chi connectivity index (χ0v) is 10.1. The molecule has 0 radical (unpaired) electrons. The second-order valence-electron chi connectivity index (χ2n) is 3.81. The quantitative estimate of drug-likeness (QED) is 0.542. The summed E-state index contributed by atoms with van der Waals surface area (Å²) >= 11 is 5.51. The van der Waals surface area contributed by atoms with E-state index in [1.165, 1.54) is 0 Å². The molecule has 1 saturated heterocycles. The Hall–Kier alpha value is 0.200. The molecule has 0 saturated carbocycles. The molecule has 5 heteroatoms. The van der Waals surface area contributed by atoms with Crippen molar-refractivity contribution in [1.29, 1.82) is 0 Å². The lowest BCUT2D eigenvalue weighted by atomic mass is 10.3. The first-order chi connectivity index (χ1) is 6.58. The summed E-state index contributed by atoms with van der Waals surface area (Å²) in [5.41, 5.74) is 0. The van der Waals surface area contributed by atoms with Gasteiger partial charge in [-0.3, -0.25) is 0 Å². The Balaban J connectivity index is 2.47. The van der Waals surface area contributed by atoms with Gasteiger partial charge in [0.15, 0.2) is 0 Å². The van der Waals surface area contributed by atoms with Crippen LogP contribution in [-0.2, 0) is 10.0 Å². The Morgan fingerprint density at radius 2 is 2.14 bits per heavy atom. The normalized spacial score (nSPS) is 24.3. The van der Waals surface area contributed by atoms with Gasteiger partial charge in [0.05, 0.1) is 5.75 Å². The number of alkyl halides is 1. The van der Waals surface area contributed by atoms with Crippen molar-refractivity contribution >= 4 is 21.6 Å². The van der Waals surface area contributed by atoms with E-state index >= 15 is 0 Å². The van der Waals surface area contributed by atoms with Crippen molar-refractivity contribution in [3.05, 3.63) is 0 Å². The molecule has 1 heterocycles. The van der Waals surface area contributed by atoms with Crippen LogP contribution in [0.2, 0.25) is 0 Å². The summed E-state index contributed by atoms with van der Waals surface area (Å²) in [4.78, 5) is 0. The molecule has 1 aliphatic heterocycles. The van der Waals surface area contributed by atoms with Crippen LogP contribution in [0.25, 0.3) is 0 Å². The highest BCUT2D eigenvalue weighted by atomic mass is 35.5. The van der Waals surface area contributed by atoms with Crippen LogP contribution in [0.1, 0.15) is 32.6 Å². The van der Waals surface area contributed by atoms with Gasteiger partial charge in [-0.05, 0) is 32.6 Å². The molecule has 0 bridgehead atoms. The summed E-state index contributed by atoms with van der Waals surface area (Å²) in [6, 6.07) is 0.191. The van der Waals surface area contributed by atoms with Crippen LogP contribution in [0.3, 0.4) is 0 Å². The first-order valence-corrected chi connectivity index (χ1v) is 7.28. The number of hydrogen-bond acceptors (Lipinski definition) is 2. The fourth-order valence-electron chi connectivity index (χ4n) is 1.82. The lowest BCUT2D eigenvalue weighted by Gasteiger charge is -2.20. The van der Waals surface area contributed by atoms with Crippen molar-refractivity contribution in [3.8, 4) is 0 Å². The van der Waals surface area contributed by atoms with E-state index < -0.39 is 10.0 Å². The van der Waals surface area contributed by atoms with Crippen LogP contribution in [0.5, 0.6) is 0 Å². The van der Waals surface area contributed by atoms with Crippen molar-refractivity contribution in [3.63, 3.8) is 0 Å². The van der Waals surface area contributed by atoms with E-state index in [2.05, 4.69) is 0 Å². The number of hydrogen-bond donors (Lipinski definition) is 0. The van der Waals surface area contributed by atoms with Gasteiger partial charge in [-0.25, -0.2) is 8.42 Å². The highest BCUT2D eigenvalue weighted by Crippen LogP contribution is 2.21. The van der Waals surface area contributed by atoms with Gasteiger partial charge in [-0.1, -0.05) is 0 Å². The maximum absolute atomic E-state index is 11.8. The molecule has 1 unspecified atom stereocenters. The largest absolute Gasteiger partial charge is 0.214 e. The lowest BCUT2D eigenvalue weighted by molar-refractivity contribution is 0.407. The molecule has 14 heavy (non-hydrogen) atoms. The second kappa shape index (κ2) is 5.33. The highest BCUT2D eigenvalue weighted by Gasteiger charge is 2.30. The van der Waals surface area contributed by atoms with Crippen LogP contribution < -0.4 is 0 Å². The van der Waals surface area contributed by atoms with Crippen LogP contribution in [0.15, 0.2) is 0 Å². The Labute approximate surface area is 91.5 Å². The molecule has 0 aliphatic carbocycles. The minimum absolute atomic E-state index is 0.191. The van der Waals surface area contributed by atoms with Crippen LogP contribution >= 0.6 is 11.6 Å². The topological polar surface area (TPSA) is 37.4 Å². The molecule has 1 aliphatic rings. The number of rotatable bonds is 5. The first kappa shape index (κ1) is 12.3. The summed E-state index contributed by atoms with van der Waals surface area (Å²) in [6.45, 7) is 2.68. The molecular formula is C9H18ClNO2S. The third-order valence-electron chi connectivity index (χ3n) is 2.64. The summed E-state index contributed by atoms with van der Waals surface area (Å²) in [6.07, 6.45) is 3.45. The van der Waals surface area contributed by atoms with Gasteiger partial charge in [-0.15, -0.1) is 11.6 Å². The molecule has 0 amide bonds. The Kier molecular flexibility index (Phi) is 4.67. The number of halogens is 1. The Morgan fingerprint density at radius 1 is 1.43 bits per heavy atom. The number of nitrogens with zero attached hydrogens (tertiary/aromatic N) is 1. The van der Waals surface area contributed by atoms with Gasteiger partial charge >= 0.3 is 0 Å². The first-order valence-electron chi connectivity index (χ1n) is 5.13. The van der Waals surface area contributed by atoms with Crippen molar-refractivity contribution in [2.45, 2.75) is 38.6 Å². The molecule has 3 nitrogen and oxygen atoms in total. The summed E-state index contributed by atoms with van der Waals surface area (Å²) in [5.74, 6) is 0.801. The molecule has 0 aromatic rings. The maximum atomic E-state index is 11.8. The van der Waals surface area contributed by atoms with Crippen LogP contribution in [0.4, 0.5) is 0 Å². The molecule has 0 aromatic carbocycles. The maximum Gasteiger partial charge on any atom is 0.214 e. The fourth-order valence-corrected chi connectivity index (χ4v) is 3.87. The van der Waals surface area contributed by atoms with Gasteiger partial charge in [0, 0.05) is 18.5 Å². The molecule has 1 fully saturated rings. The predicted molar refractivity (Wildman–Crippen MR) is 59.1 cm³/mol. The predicted octanol–water partition coefficient (Wildman–Crippen LogP) is 1.82. The number of sulfonamides is 1. The highest BCUT2D eigenvalue weighted by molar-refractivity contribution is 7.89. The van der Waals surface area contributed by atoms with Gasteiger partial charge < -0.3 is 0 Å². The standard InChI is InChI=1S/C9H18ClNO2S/c1-9-5-4-7-11(9)14(12,13)8-3-2-6-10/h9H,2-8H2,1H3. The summed E-state index contributed by atoms with van der Waals surface area (Å²) in [7, 11) is -3.01. The second-order valence-corrected chi connectivity index (χ2v) is 6.23. The third kappa shape index (κ3) is 3.11. The fraction of sp³-hybridized carbons (Fsp3) is 1.00. The van der Waals surface area contributed by atoms with Crippen LogP contribution in [0, 0.1) is 0 Å². The van der Waals surface area contributed by atoms with E-state index in [1.807, 2.05) is 6.92 Å². The van der Waals surface area contributed by atoms with Crippen molar-refractivity contribution in [1.82, 2.24) is 4.31 Å². The van der Waals surface area contributed by atoms with E-state index in [4.69, 9.17) is 11.6 Å². The van der Waals surface area contributed by atoms with E-state index in [0.29, 0.717) is 18.8 Å². The molecule has 0 N–H and O–H groups in total. The lowest BCUT2D eigenvalue weighted by Crippen LogP contribution is -2.35. The zero-order chi connectivity index (χ0) is 10.6. The van der Waals surface area contributed by atoms with E-state index in [1.54, 1.807) is 4.31 Å². The van der Waals surface area contributed by atoms with Crippen molar-refractivity contribution in [2.75, 3.05) is 18.2 Å². The van der Waals surface area contributed by atoms with E-state index in [-0.39, 0.29) is 11.8 Å². The molecule has 1 rings (SSSR count). The smallest absolute Gasteiger partial charge is 0.212 e.